The molecule has 0 spiro atoms. The van der Waals surface area contributed by atoms with E-state index in [1.807, 2.05) is 85.4 Å². The van der Waals surface area contributed by atoms with Crippen molar-refractivity contribution in [3.05, 3.63) is 90.1 Å². The maximum Gasteiger partial charge on any atom is 0.255 e. The van der Waals surface area contributed by atoms with E-state index >= 15 is 0 Å². The van der Waals surface area contributed by atoms with Crippen molar-refractivity contribution in [3.8, 4) is 22.9 Å². The third kappa shape index (κ3) is 3.48. The molecular formula is C25H20N4O2. The summed E-state index contributed by atoms with van der Waals surface area (Å²) in [4.78, 5) is 12.8. The van der Waals surface area contributed by atoms with Gasteiger partial charge < -0.3 is 14.3 Å². The normalized spacial score (nSPS) is 11.0. The number of aryl methyl sites for hydroxylation is 2. The van der Waals surface area contributed by atoms with Crippen LogP contribution in [0.5, 0.6) is 0 Å². The summed E-state index contributed by atoms with van der Waals surface area (Å²) in [5.74, 6) is 0.721. The summed E-state index contributed by atoms with van der Waals surface area (Å²) in [6, 6.07) is 22.9. The first-order valence-electron chi connectivity index (χ1n) is 9.95. The second kappa shape index (κ2) is 7.57. The Hall–Kier alpha value is -4.19. The Bertz CT molecular complexity index is 1400. The predicted molar refractivity (Wildman–Crippen MR) is 121 cm³/mol. The number of benzene rings is 3. The average molecular weight is 408 g/mol. The van der Waals surface area contributed by atoms with Crippen molar-refractivity contribution in [3.63, 3.8) is 0 Å². The molecule has 152 valence electrons. The van der Waals surface area contributed by atoms with Gasteiger partial charge in [0.05, 0.1) is 5.69 Å². The zero-order valence-corrected chi connectivity index (χ0v) is 17.2. The average Bonchev–Trinajstić information content (AvgIpc) is 3.42. The van der Waals surface area contributed by atoms with Gasteiger partial charge in [0, 0.05) is 40.8 Å². The second-order valence-electron chi connectivity index (χ2n) is 7.42. The molecule has 0 radical (unpaired) electrons. The molecule has 5 rings (SSSR count). The van der Waals surface area contributed by atoms with Crippen LogP contribution in [0.1, 0.15) is 15.9 Å². The van der Waals surface area contributed by atoms with Crippen molar-refractivity contribution < 1.29 is 9.21 Å². The highest BCUT2D eigenvalue weighted by Crippen LogP contribution is 2.27. The molecule has 6 heteroatoms. The molecular weight excluding hydrogens is 388 g/mol. The molecule has 0 aliphatic heterocycles. The minimum absolute atomic E-state index is 0.172. The van der Waals surface area contributed by atoms with Gasteiger partial charge in [-0.25, -0.2) is 0 Å². The number of amides is 1. The smallest absolute Gasteiger partial charge is 0.255 e. The lowest BCUT2D eigenvalue weighted by Crippen LogP contribution is -2.11. The molecule has 0 saturated heterocycles. The lowest BCUT2D eigenvalue weighted by atomic mass is 10.1. The number of aromatic nitrogens is 3. The summed E-state index contributed by atoms with van der Waals surface area (Å²) in [6.07, 6.45) is 1.98. The summed E-state index contributed by atoms with van der Waals surface area (Å²) in [6.45, 7) is 2.00. The van der Waals surface area contributed by atoms with E-state index in [4.69, 9.17) is 4.42 Å². The molecule has 0 bridgehead atoms. The van der Waals surface area contributed by atoms with Crippen LogP contribution in [0.4, 0.5) is 5.69 Å². The van der Waals surface area contributed by atoms with E-state index in [0.717, 1.165) is 33.3 Å². The molecule has 31 heavy (non-hydrogen) atoms. The van der Waals surface area contributed by atoms with E-state index in [2.05, 4.69) is 15.5 Å². The van der Waals surface area contributed by atoms with E-state index < -0.39 is 0 Å². The fourth-order valence-corrected chi connectivity index (χ4v) is 3.63. The van der Waals surface area contributed by atoms with Crippen LogP contribution in [0.3, 0.4) is 0 Å². The molecule has 0 saturated carbocycles. The first-order valence-corrected chi connectivity index (χ1v) is 9.95. The molecule has 2 heterocycles. The molecule has 0 unspecified atom stereocenters. The number of nitrogens with zero attached hydrogens (tertiary/aromatic N) is 3. The highest BCUT2D eigenvalue weighted by atomic mass is 16.4. The maximum absolute atomic E-state index is 12.8. The van der Waals surface area contributed by atoms with Crippen LogP contribution in [0.25, 0.3) is 33.8 Å². The predicted octanol–water partition coefficient (Wildman–Crippen LogP) is 5.46. The zero-order chi connectivity index (χ0) is 21.4. The van der Waals surface area contributed by atoms with Gasteiger partial charge in [-0.1, -0.05) is 24.3 Å². The maximum atomic E-state index is 12.8. The molecule has 0 aliphatic carbocycles. The first kappa shape index (κ1) is 18.8. The first-order chi connectivity index (χ1) is 15.1. The van der Waals surface area contributed by atoms with Gasteiger partial charge in [0.15, 0.2) is 0 Å². The monoisotopic (exact) mass is 408 g/mol. The standard InChI is InChI=1S/C25H20N4O2/c1-16-6-3-4-7-19(16)25-28-27-24(31-25)18-12-10-17(11-13-18)23(30)26-21-8-5-9-22-20(21)14-15-29(22)2/h3-15H,1-2H3,(H,26,30). The van der Waals surface area contributed by atoms with E-state index in [1.165, 1.54) is 0 Å². The van der Waals surface area contributed by atoms with Crippen molar-refractivity contribution in [1.82, 2.24) is 14.8 Å². The number of anilines is 1. The molecule has 2 aromatic heterocycles. The summed E-state index contributed by atoms with van der Waals surface area (Å²) in [7, 11) is 1.98. The van der Waals surface area contributed by atoms with Gasteiger partial charge in [-0.2, -0.15) is 0 Å². The van der Waals surface area contributed by atoms with Gasteiger partial charge in [-0.15, -0.1) is 10.2 Å². The number of nitrogens with one attached hydrogen (secondary N) is 1. The minimum atomic E-state index is -0.172. The topological polar surface area (TPSA) is 73.0 Å². The molecule has 0 aliphatic rings. The zero-order valence-electron chi connectivity index (χ0n) is 17.2. The molecule has 6 nitrogen and oxygen atoms in total. The van der Waals surface area contributed by atoms with E-state index in [-0.39, 0.29) is 5.91 Å². The third-order valence-electron chi connectivity index (χ3n) is 5.37. The van der Waals surface area contributed by atoms with Crippen LogP contribution in [0.15, 0.2) is 83.4 Å². The summed E-state index contributed by atoms with van der Waals surface area (Å²) in [5.41, 5.74) is 5.14. The second-order valence-corrected chi connectivity index (χ2v) is 7.42. The number of fused-ring (bicyclic) bond motifs is 1. The summed E-state index contributed by atoms with van der Waals surface area (Å²) in [5, 5.41) is 12.3. The van der Waals surface area contributed by atoms with Gasteiger partial charge in [0.25, 0.3) is 5.91 Å². The molecule has 5 aromatic rings. The Balaban J connectivity index is 1.36. The fraction of sp³-hybridized carbons (Fsp3) is 0.0800. The van der Waals surface area contributed by atoms with Crippen molar-refractivity contribution in [2.45, 2.75) is 6.92 Å². The Morgan fingerprint density at radius 3 is 2.48 bits per heavy atom. The van der Waals surface area contributed by atoms with E-state index in [9.17, 15) is 4.79 Å². The quantitative estimate of drug-likeness (QED) is 0.429. The largest absolute Gasteiger partial charge is 0.416 e. The van der Waals surface area contributed by atoms with Crippen LogP contribution in [0, 0.1) is 6.92 Å². The Morgan fingerprint density at radius 1 is 0.903 bits per heavy atom. The number of rotatable bonds is 4. The summed E-state index contributed by atoms with van der Waals surface area (Å²) >= 11 is 0. The van der Waals surface area contributed by atoms with Gasteiger partial charge in [-0.3, -0.25) is 4.79 Å². The summed E-state index contributed by atoms with van der Waals surface area (Å²) < 4.78 is 7.88. The highest BCUT2D eigenvalue weighted by Gasteiger charge is 2.14. The minimum Gasteiger partial charge on any atom is -0.416 e. The van der Waals surface area contributed by atoms with Crippen molar-refractivity contribution in [2.75, 3.05) is 5.32 Å². The third-order valence-corrected chi connectivity index (χ3v) is 5.37. The van der Waals surface area contributed by atoms with Gasteiger partial charge >= 0.3 is 0 Å². The SMILES string of the molecule is Cc1ccccc1-c1nnc(-c2ccc(C(=O)Nc3cccc4c3ccn4C)cc2)o1. The number of hydrogen-bond donors (Lipinski definition) is 1. The molecule has 3 aromatic carbocycles. The molecule has 1 amide bonds. The number of carbonyl (C=O) groups excluding carboxylic acids is 1. The lowest BCUT2D eigenvalue weighted by molar-refractivity contribution is 0.102. The highest BCUT2D eigenvalue weighted by molar-refractivity contribution is 6.09. The Kier molecular flexibility index (Phi) is 4.59. The molecule has 0 fully saturated rings. The van der Waals surface area contributed by atoms with Crippen LogP contribution in [-0.4, -0.2) is 20.7 Å². The number of hydrogen-bond acceptors (Lipinski definition) is 4. The van der Waals surface area contributed by atoms with Crippen LogP contribution >= 0.6 is 0 Å². The van der Waals surface area contributed by atoms with Crippen molar-refractivity contribution in [2.24, 2.45) is 7.05 Å². The van der Waals surface area contributed by atoms with Gasteiger partial charge in [0.1, 0.15) is 0 Å². The molecule has 1 N–H and O–H groups in total. The lowest BCUT2D eigenvalue weighted by Gasteiger charge is -2.07. The van der Waals surface area contributed by atoms with Crippen LogP contribution in [0.2, 0.25) is 0 Å². The van der Waals surface area contributed by atoms with Crippen LogP contribution < -0.4 is 5.32 Å². The van der Waals surface area contributed by atoms with E-state index in [1.54, 1.807) is 12.1 Å². The van der Waals surface area contributed by atoms with Crippen molar-refractivity contribution >= 4 is 22.5 Å². The Morgan fingerprint density at radius 2 is 1.68 bits per heavy atom. The number of carbonyl (C=O) groups is 1. The van der Waals surface area contributed by atoms with Gasteiger partial charge in [-0.05, 0) is 61.0 Å². The fourth-order valence-electron chi connectivity index (χ4n) is 3.63. The molecule has 0 atom stereocenters. The Labute approximate surface area is 179 Å². The van der Waals surface area contributed by atoms with Gasteiger partial charge in [0.2, 0.25) is 11.8 Å². The van der Waals surface area contributed by atoms with E-state index in [0.29, 0.717) is 17.3 Å². The van der Waals surface area contributed by atoms with Crippen LogP contribution in [-0.2, 0) is 7.05 Å². The van der Waals surface area contributed by atoms with Crippen molar-refractivity contribution in [1.29, 1.82) is 0 Å².